The number of hydrogen-bond acceptors (Lipinski definition) is 4. The van der Waals surface area contributed by atoms with Crippen LogP contribution in [0.5, 0.6) is 0 Å². The number of thioether (sulfide) groups is 1. The van der Waals surface area contributed by atoms with E-state index in [0.29, 0.717) is 18.2 Å². The van der Waals surface area contributed by atoms with Crippen LogP contribution in [0, 0.1) is 0 Å². The molecule has 0 aliphatic carbocycles. The maximum atomic E-state index is 13.3. The highest BCUT2D eigenvalue weighted by Gasteiger charge is 2.37. The fraction of sp³-hybridized carbons (Fsp3) is 0.292. The number of nitrogens with one attached hydrogen (secondary N) is 1. The van der Waals surface area contributed by atoms with Crippen molar-refractivity contribution in [3.05, 3.63) is 77.5 Å². The Kier molecular flexibility index (Phi) is 6.42. The molecule has 0 aromatic heterocycles. The molecular weight excluding hydrogens is 410 g/mol. The molecule has 2 aromatic rings. The topological polar surface area (TPSA) is 69.7 Å². The third-order valence-electron chi connectivity index (χ3n) is 5.65. The van der Waals surface area contributed by atoms with Gasteiger partial charge in [-0.3, -0.25) is 14.4 Å². The molecule has 1 saturated heterocycles. The van der Waals surface area contributed by atoms with Crippen LogP contribution in [0.4, 0.5) is 0 Å². The smallest absolute Gasteiger partial charge is 0.243 e. The number of fused-ring (bicyclic) bond motifs is 1. The van der Waals surface area contributed by atoms with Gasteiger partial charge in [-0.2, -0.15) is 0 Å². The fourth-order valence-corrected chi connectivity index (χ4v) is 5.18. The Labute approximate surface area is 186 Å². The van der Waals surface area contributed by atoms with E-state index in [0.717, 1.165) is 16.7 Å². The predicted octanol–water partition coefficient (Wildman–Crippen LogP) is 3.17. The third-order valence-corrected chi connectivity index (χ3v) is 6.66. The van der Waals surface area contributed by atoms with Gasteiger partial charge in [-0.15, -0.1) is 11.8 Å². The lowest BCUT2D eigenvalue weighted by atomic mass is 9.93. The van der Waals surface area contributed by atoms with Crippen molar-refractivity contribution in [1.29, 1.82) is 0 Å². The Bertz CT molecular complexity index is 1010. The van der Waals surface area contributed by atoms with E-state index in [9.17, 15) is 14.4 Å². The van der Waals surface area contributed by atoms with Gasteiger partial charge >= 0.3 is 0 Å². The SMILES string of the molecule is CC(=O)N1C=Cc2ccccc2C1CC(=O)N1CSCC1C(=O)NCc1ccccc1. The normalized spacial score (nSPS) is 19.8. The second-order valence-electron chi connectivity index (χ2n) is 7.67. The summed E-state index contributed by atoms with van der Waals surface area (Å²) in [5, 5.41) is 2.95. The summed E-state index contributed by atoms with van der Waals surface area (Å²) in [5.74, 6) is 0.675. The maximum Gasteiger partial charge on any atom is 0.243 e. The maximum absolute atomic E-state index is 13.3. The zero-order valence-corrected chi connectivity index (χ0v) is 18.2. The molecule has 2 aromatic carbocycles. The summed E-state index contributed by atoms with van der Waals surface area (Å²) >= 11 is 1.57. The zero-order chi connectivity index (χ0) is 21.8. The van der Waals surface area contributed by atoms with Gasteiger partial charge in [-0.05, 0) is 22.8 Å². The van der Waals surface area contributed by atoms with Crippen LogP contribution < -0.4 is 5.32 Å². The fourth-order valence-electron chi connectivity index (χ4n) is 4.00. The van der Waals surface area contributed by atoms with Gasteiger partial charge in [0.05, 0.1) is 18.3 Å². The average Bonchev–Trinajstić information content (AvgIpc) is 3.28. The van der Waals surface area contributed by atoms with Crippen molar-refractivity contribution in [3.63, 3.8) is 0 Å². The van der Waals surface area contributed by atoms with Crippen LogP contribution in [-0.4, -0.2) is 45.2 Å². The van der Waals surface area contributed by atoms with E-state index in [1.165, 1.54) is 6.92 Å². The Hall–Kier alpha value is -3.06. The summed E-state index contributed by atoms with van der Waals surface area (Å²) < 4.78 is 0. The van der Waals surface area contributed by atoms with Gasteiger partial charge < -0.3 is 15.1 Å². The van der Waals surface area contributed by atoms with E-state index in [1.807, 2.05) is 60.7 Å². The Morgan fingerprint density at radius 1 is 1.06 bits per heavy atom. The third kappa shape index (κ3) is 4.66. The molecule has 2 atom stereocenters. The molecule has 3 amide bonds. The second-order valence-corrected chi connectivity index (χ2v) is 8.67. The molecule has 7 heteroatoms. The van der Waals surface area contributed by atoms with Crippen LogP contribution in [0.2, 0.25) is 0 Å². The van der Waals surface area contributed by atoms with Crippen molar-refractivity contribution in [2.75, 3.05) is 11.6 Å². The molecule has 31 heavy (non-hydrogen) atoms. The van der Waals surface area contributed by atoms with Crippen molar-refractivity contribution in [2.45, 2.75) is 32.0 Å². The molecule has 0 spiro atoms. The number of carbonyl (C=O) groups excluding carboxylic acids is 3. The largest absolute Gasteiger partial charge is 0.350 e. The molecule has 0 saturated carbocycles. The zero-order valence-electron chi connectivity index (χ0n) is 17.4. The lowest BCUT2D eigenvalue weighted by Gasteiger charge is -2.34. The first-order valence-corrected chi connectivity index (χ1v) is 11.4. The van der Waals surface area contributed by atoms with E-state index in [2.05, 4.69) is 5.32 Å². The molecule has 2 aliphatic heterocycles. The first-order valence-electron chi connectivity index (χ1n) is 10.3. The average molecular weight is 436 g/mol. The highest BCUT2D eigenvalue weighted by Crippen LogP contribution is 2.34. The number of hydrogen-bond donors (Lipinski definition) is 1. The highest BCUT2D eigenvalue weighted by molar-refractivity contribution is 7.99. The van der Waals surface area contributed by atoms with E-state index in [-0.39, 0.29) is 30.2 Å². The standard InChI is InChI=1S/C24H25N3O3S/c1-17(28)26-12-11-19-9-5-6-10-20(19)21(26)13-23(29)27-16-31-15-22(27)24(30)25-14-18-7-3-2-4-8-18/h2-12,21-22H,13-16H2,1H3,(H,25,30). The Morgan fingerprint density at radius 3 is 2.58 bits per heavy atom. The quantitative estimate of drug-likeness (QED) is 0.783. The van der Waals surface area contributed by atoms with Gasteiger partial charge in [0.1, 0.15) is 6.04 Å². The predicted molar refractivity (Wildman–Crippen MR) is 122 cm³/mol. The summed E-state index contributed by atoms with van der Waals surface area (Å²) in [4.78, 5) is 41.5. The van der Waals surface area contributed by atoms with Gasteiger partial charge in [0.25, 0.3) is 0 Å². The molecule has 6 nitrogen and oxygen atoms in total. The summed E-state index contributed by atoms with van der Waals surface area (Å²) in [6.07, 6.45) is 3.78. The van der Waals surface area contributed by atoms with Crippen molar-refractivity contribution in [2.24, 2.45) is 0 Å². The van der Waals surface area contributed by atoms with Crippen molar-refractivity contribution in [3.8, 4) is 0 Å². The Morgan fingerprint density at radius 2 is 1.81 bits per heavy atom. The van der Waals surface area contributed by atoms with Crippen molar-refractivity contribution in [1.82, 2.24) is 15.1 Å². The number of carbonyl (C=O) groups is 3. The van der Waals surface area contributed by atoms with E-state index >= 15 is 0 Å². The first-order chi connectivity index (χ1) is 15.0. The highest BCUT2D eigenvalue weighted by atomic mass is 32.2. The molecule has 0 bridgehead atoms. The van der Waals surface area contributed by atoms with Gasteiger partial charge in [-0.25, -0.2) is 0 Å². The Balaban J connectivity index is 1.46. The molecule has 2 heterocycles. The summed E-state index contributed by atoms with van der Waals surface area (Å²) in [6.45, 7) is 1.93. The minimum atomic E-state index is -0.499. The minimum Gasteiger partial charge on any atom is -0.350 e. The van der Waals surface area contributed by atoms with Crippen molar-refractivity contribution < 1.29 is 14.4 Å². The van der Waals surface area contributed by atoms with E-state index < -0.39 is 6.04 Å². The summed E-state index contributed by atoms with van der Waals surface area (Å²) in [5.41, 5.74) is 2.97. The van der Waals surface area contributed by atoms with Crippen LogP contribution in [0.15, 0.2) is 60.8 Å². The molecule has 1 fully saturated rings. The number of rotatable bonds is 5. The molecule has 1 N–H and O–H groups in total. The first kappa shape index (κ1) is 21.2. The van der Waals surface area contributed by atoms with Gasteiger partial charge in [0, 0.05) is 25.4 Å². The van der Waals surface area contributed by atoms with Crippen molar-refractivity contribution >= 4 is 35.6 Å². The van der Waals surface area contributed by atoms with Crippen LogP contribution >= 0.6 is 11.8 Å². The van der Waals surface area contributed by atoms with Gasteiger partial charge in [0.15, 0.2) is 0 Å². The second kappa shape index (κ2) is 9.39. The van der Waals surface area contributed by atoms with Crippen LogP contribution in [0.25, 0.3) is 6.08 Å². The number of amides is 3. The number of nitrogens with zero attached hydrogens (tertiary/aromatic N) is 2. The molecular formula is C24H25N3O3S. The summed E-state index contributed by atoms with van der Waals surface area (Å²) in [6, 6.07) is 16.6. The minimum absolute atomic E-state index is 0.114. The molecule has 2 aliphatic rings. The monoisotopic (exact) mass is 435 g/mol. The molecule has 0 radical (unpaired) electrons. The lowest BCUT2D eigenvalue weighted by Crippen LogP contribution is -2.48. The van der Waals surface area contributed by atoms with Gasteiger partial charge in [0.2, 0.25) is 17.7 Å². The summed E-state index contributed by atoms with van der Waals surface area (Å²) in [7, 11) is 0. The van der Waals surface area contributed by atoms with Gasteiger partial charge in [-0.1, -0.05) is 54.6 Å². The molecule has 4 rings (SSSR count). The number of benzene rings is 2. The molecule has 160 valence electrons. The van der Waals surface area contributed by atoms with E-state index in [1.54, 1.807) is 27.8 Å². The molecule has 2 unspecified atom stereocenters. The van der Waals surface area contributed by atoms with Crippen LogP contribution in [0.3, 0.4) is 0 Å². The van der Waals surface area contributed by atoms with Crippen LogP contribution in [0.1, 0.15) is 36.1 Å². The van der Waals surface area contributed by atoms with E-state index in [4.69, 9.17) is 0 Å². The van der Waals surface area contributed by atoms with Crippen LogP contribution in [-0.2, 0) is 20.9 Å². The lowest BCUT2D eigenvalue weighted by molar-refractivity contribution is -0.140.